The minimum absolute atomic E-state index is 0.0133. The lowest BCUT2D eigenvalue weighted by Gasteiger charge is -2.33. The first kappa shape index (κ1) is 18.0. The van der Waals surface area contributed by atoms with Gasteiger partial charge in [-0.25, -0.2) is 4.99 Å². The van der Waals surface area contributed by atoms with Gasteiger partial charge in [-0.3, -0.25) is 4.79 Å². The number of piperazine rings is 1. The predicted octanol–water partition coefficient (Wildman–Crippen LogP) is 2.15. The third-order valence-corrected chi connectivity index (χ3v) is 5.77. The number of hydrogen-bond donors (Lipinski definition) is 2. The normalized spacial score (nSPS) is 25.0. The number of thiophene rings is 1. The monoisotopic (exact) mass is 384 g/mol. The molecule has 2 aliphatic rings. The molecule has 3 heterocycles. The smallest absolute Gasteiger partial charge is 0.288 e. The molecule has 142 valence electrons. The summed E-state index contributed by atoms with van der Waals surface area (Å²) >= 11 is 1.65. The summed E-state index contributed by atoms with van der Waals surface area (Å²) in [6.07, 6.45) is -0.0674. The Morgan fingerprint density at radius 3 is 2.96 bits per heavy atom. The Balaban J connectivity index is 1.35. The van der Waals surface area contributed by atoms with E-state index in [1.807, 2.05) is 35.7 Å². The highest BCUT2D eigenvalue weighted by Gasteiger charge is 2.35. The molecule has 1 saturated heterocycles. The molecule has 0 unspecified atom stereocenters. The molecule has 1 amide bonds. The van der Waals surface area contributed by atoms with E-state index in [1.54, 1.807) is 11.3 Å². The van der Waals surface area contributed by atoms with Crippen molar-refractivity contribution >= 4 is 23.3 Å². The second-order valence-electron chi connectivity index (χ2n) is 6.85. The number of rotatable bonds is 4. The molecule has 7 heteroatoms. The van der Waals surface area contributed by atoms with Crippen LogP contribution in [0.1, 0.15) is 23.5 Å². The van der Waals surface area contributed by atoms with Gasteiger partial charge in [-0.15, -0.1) is 11.3 Å². The fraction of sp³-hybridized carbons (Fsp3) is 0.400. The number of ether oxygens (including phenoxy) is 1. The Morgan fingerprint density at radius 1 is 1.33 bits per heavy atom. The molecular weight excluding hydrogens is 360 g/mol. The van der Waals surface area contributed by atoms with Crippen molar-refractivity contribution in [1.82, 2.24) is 15.5 Å². The van der Waals surface area contributed by atoms with Crippen LogP contribution in [0, 0.1) is 0 Å². The molecule has 2 aromatic rings. The van der Waals surface area contributed by atoms with Crippen molar-refractivity contribution in [3.05, 3.63) is 58.3 Å². The lowest BCUT2D eigenvalue weighted by Crippen LogP contribution is -2.58. The molecule has 1 aromatic heterocycles. The zero-order chi connectivity index (χ0) is 18.6. The second-order valence-corrected chi connectivity index (χ2v) is 7.88. The van der Waals surface area contributed by atoms with Crippen molar-refractivity contribution in [2.45, 2.75) is 31.7 Å². The number of benzene rings is 1. The standard InChI is InChI=1S/C20H24N4O2S/c1-14-18(15-6-3-2-4-7-15)26-20(23-14)24-10-9-21-17(13-24)19(25)22-12-16-8-5-11-27-16/h2-8,11,14,17-18,21H,9-10,12-13H2,1H3,(H,22,25)/t14-,17-,18+/m0/s1. The van der Waals surface area contributed by atoms with Gasteiger partial charge in [-0.05, 0) is 23.9 Å². The summed E-state index contributed by atoms with van der Waals surface area (Å²) in [6.45, 7) is 4.70. The Bertz CT molecular complexity index is 794. The van der Waals surface area contributed by atoms with Crippen LogP contribution >= 0.6 is 11.3 Å². The number of hydrogen-bond acceptors (Lipinski definition) is 6. The summed E-state index contributed by atoms with van der Waals surface area (Å²) in [7, 11) is 0. The third-order valence-electron chi connectivity index (χ3n) is 4.89. The van der Waals surface area contributed by atoms with E-state index in [9.17, 15) is 4.79 Å². The lowest BCUT2D eigenvalue weighted by atomic mass is 10.0. The van der Waals surface area contributed by atoms with Crippen LogP contribution in [-0.4, -0.2) is 48.5 Å². The van der Waals surface area contributed by atoms with E-state index in [4.69, 9.17) is 9.73 Å². The van der Waals surface area contributed by atoms with Crippen molar-refractivity contribution in [2.24, 2.45) is 4.99 Å². The lowest BCUT2D eigenvalue weighted by molar-refractivity contribution is -0.124. The first-order chi connectivity index (χ1) is 13.2. The van der Waals surface area contributed by atoms with Crippen molar-refractivity contribution in [3.8, 4) is 0 Å². The van der Waals surface area contributed by atoms with Crippen molar-refractivity contribution in [2.75, 3.05) is 19.6 Å². The van der Waals surface area contributed by atoms with Crippen molar-refractivity contribution < 1.29 is 9.53 Å². The second kappa shape index (κ2) is 8.10. The third kappa shape index (κ3) is 4.14. The minimum Gasteiger partial charge on any atom is -0.455 e. The molecule has 4 rings (SSSR count). The highest BCUT2D eigenvalue weighted by Crippen LogP contribution is 2.29. The molecule has 27 heavy (non-hydrogen) atoms. The molecule has 1 aromatic carbocycles. The van der Waals surface area contributed by atoms with E-state index >= 15 is 0 Å². The Hall–Kier alpha value is -2.38. The molecule has 0 aliphatic carbocycles. The molecule has 2 aliphatic heterocycles. The highest BCUT2D eigenvalue weighted by atomic mass is 32.1. The Kier molecular flexibility index (Phi) is 5.40. The van der Waals surface area contributed by atoms with Crippen LogP contribution in [0.3, 0.4) is 0 Å². The van der Waals surface area contributed by atoms with Crippen LogP contribution in [0.4, 0.5) is 0 Å². The Morgan fingerprint density at radius 2 is 2.19 bits per heavy atom. The summed E-state index contributed by atoms with van der Waals surface area (Å²) in [4.78, 5) is 20.5. The summed E-state index contributed by atoms with van der Waals surface area (Å²) < 4.78 is 6.16. The van der Waals surface area contributed by atoms with E-state index in [0.717, 1.165) is 23.5 Å². The molecule has 2 N–H and O–H groups in total. The molecule has 6 nitrogen and oxygen atoms in total. The zero-order valence-electron chi connectivity index (χ0n) is 15.3. The number of nitrogens with zero attached hydrogens (tertiary/aromatic N) is 2. The van der Waals surface area contributed by atoms with Crippen LogP contribution in [0.5, 0.6) is 0 Å². The summed E-state index contributed by atoms with van der Waals surface area (Å²) in [5, 5.41) is 8.32. The van der Waals surface area contributed by atoms with Gasteiger partial charge in [0.2, 0.25) is 5.91 Å². The van der Waals surface area contributed by atoms with Crippen LogP contribution in [0.2, 0.25) is 0 Å². The van der Waals surface area contributed by atoms with Crippen LogP contribution in [0.15, 0.2) is 52.8 Å². The number of carbonyl (C=O) groups is 1. The molecule has 3 atom stereocenters. The summed E-state index contributed by atoms with van der Waals surface area (Å²) in [6, 6.07) is 14.6. The van der Waals surface area contributed by atoms with Gasteiger partial charge in [0.25, 0.3) is 6.02 Å². The number of carbonyl (C=O) groups excluding carboxylic acids is 1. The topological polar surface area (TPSA) is 66.0 Å². The van der Waals surface area contributed by atoms with E-state index < -0.39 is 0 Å². The number of amides is 1. The first-order valence-electron chi connectivity index (χ1n) is 9.28. The van der Waals surface area contributed by atoms with Gasteiger partial charge in [0, 0.05) is 24.5 Å². The molecule has 1 fully saturated rings. The largest absolute Gasteiger partial charge is 0.455 e. The Labute approximate surface area is 163 Å². The van der Waals surface area contributed by atoms with E-state index in [-0.39, 0.29) is 24.1 Å². The molecular formula is C20H24N4O2S. The quantitative estimate of drug-likeness (QED) is 0.848. The average Bonchev–Trinajstić information content (AvgIpc) is 3.36. The summed E-state index contributed by atoms with van der Waals surface area (Å²) in [5.74, 6) is 0.0133. The maximum Gasteiger partial charge on any atom is 0.288 e. The molecule has 0 bridgehead atoms. The van der Waals surface area contributed by atoms with Gasteiger partial charge in [0.1, 0.15) is 12.1 Å². The fourth-order valence-electron chi connectivity index (χ4n) is 3.44. The number of nitrogens with one attached hydrogen (secondary N) is 2. The maximum absolute atomic E-state index is 12.5. The van der Waals surface area contributed by atoms with Gasteiger partial charge in [-0.2, -0.15) is 0 Å². The minimum atomic E-state index is -0.268. The molecule has 0 radical (unpaired) electrons. The maximum atomic E-state index is 12.5. The molecule has 0 spiro atoms. The van der Waals surface area contributed by atoms with Gasteiger partial charge in [0.15, 0.2) is 0 Å². The van der Waals surface area contributed by atoms with E-state index in [0.29, 0.717) is 19.1 Å². The average molecular weight is 385 g/mol. The number of aliphatic imine (C=N–C) groups is 1. The highest BCUT2D eigenvalue weighted by molar-refractivity contribution is 7.09. The zero-order valence-corrected chi connectivity index (χ0v) is 16.1. The SMILES string of the molecule is C[C@@H]1N=C(N2CCN[C@H](C(=O)NCc3cccs3)C2)O[C@H]1c1ccccc1. The van der Waals surface area contributed by atoms with Crippen LogP contribution in [0.25, 0.3) is 0 Å². The molecule has 0 saturated carbocycles. The summed E-state index contributed by atoms with van der Waals surface area (Å²) in [5.41, 5.74) is 1.13. The van der Waals surface area contributed by atoms with Gasteiger partial charge in [-0.1, -0.05) is 36.4 Å². The van der Waals surface area contributed by atoms with Crippen LogP contribution < -0.4 is 10.6 Å². The first-order valence-corrected chi connectivity index (χ1v) is 10.2. The van der Waals surface area contributed by atoms with Gasteiger partial charge in [0.05, 0.1) is 12.6 Å². The van der Waals surface area contributed by atoms with Crippen LogP contribution in [-0.2, 0) is 16.1 Å². The fourth-order valence-corrected chi connectivity index (χ4v) is 4.08. The number of amidine groups is 1. The van der Waals surface area contributed by atoms with Crippen molar-refractivity contribution in [1.29, 1.82) is 0 Å². The van der Waals surface area contributed by atoms with Gasteiger partial charge < -0.3 is 20.3 Å². The van der Waals surface area contributed by atoms with Crippen molar-refractivity contribution in [3.63, 3.8) is 0 Å². The van der Waals surface area contributed by atoms with E-state index in [2.05, 4.69) is 34.6 Å². The van der Waals surface area contributed by atoms with E-state index in [1.165, 1.54) is 0 Å². The predicted molar refractivity (Wildman–Crippen MR) is 107 cm³/mol. The van der Waals surface area contributed by atoms with Gasteiger partial charge >= 0.3 is 0 Å².